The van der Waals surface area contributed by atoms with E-state index in [1.165, 1.54) is 4.31 Å². The Bertz CT molecular complexity index is 426. The summed E-state index contributed by atoms with van der Waals surface area (Å²) in [6, 6.07) is 1.79. The van der Waals surface area contributed by atoms with E-state index in [0.29, 0.717) is 13.0 Å². The first-order valence-electron chi connectivity index (χ1n) is 5.44. The molecule has 0 saturated carbocycles. The van der Waals surface area contributed by atoms with E-state index in [9.17, 15) is 13.2 Å². The van der Waals surface area contributed by atoms with E-state index < -0.39 is 21.9 Å². The van der Waals surface area contributed by atoms with Gasteiger partial charge in [0.15, 0.2) is 0 Å². The average molecular weight is 260 g/mol. The highest BCUT2D eigenvalue weighted by atomic mass is 32.2. The number of carbonyl (C=O) groups is 1. The number of sulfonamides is 1. The van der Waals surface area contributed by atoms with Gasteiger partial charge in [-0.3, -0.25) is 4.79 Å². The Hall–Kier alpha value is -1.13. The zero-order valence-electron chi connectivity index (χ0n) is 9.66. The number of hydrogen-bond donors (Lipinski definition) is 1. The molecule has 0 aromatic carbocycles. The molecule has 0 aromatic rings. The quantitative estimate of drug-likeness (QED) is 0.782. The Balaban J connectivity index is 2.77. The summed E-state index contributed by atoms with van der Waals surface area (Å²) in [6.07, 6.45) is 0.435. The van der Waals surface area contributed by atoms with Crippen LogP contribution in [0.1, 0.15) is 19.8 Å². The molecule has 0 aromatic heterocycles. The smallest absolute Gasteiger partial charge is 0.307 e. The molecule has 17 heavy (non-hydrogen) atoms. The van der Waals surface area contributed by atoms with Gasteiger partial charge in [0.25, 0.3) is 0 Å². The van der Waals surface area contributed by atoms with Crippen molar-refractivity contribution in [2.24, 2.45) is 11.8 Å². The number of aliphatic carboxylic acids is 1. The van der Waals surface area contributed by atoms with E-state index in [4.69, 9.17) is 10.4 Å². The average Bonchev–Trinajstić information content (AvgIpc) is 2.25. The number of rotatable bonds is 4. The van der Waals surface area contributed by atoms with Gasteiger partial charge in [0, 0.05) is 13.1 Å². The highest BCUT2D eigenvalue weighted by molar-refractivity contribution is 7.89. The fraction of sp³-hybridized carbons (Fsp3) is 0.800. The third-order valence-electron chi connectivity index (χ3n) is 2.84. The van der Waals surface area contributed by atoms with Gasteiger partial charge in [0.1, 0.15) is 0 Å². The molecule has 1 fully saturated rings. The Labute approximate surface area is 101 Å². The summed E-state index contributed by atoms with van der Waals surface area (Å²) in [5.74, 6) is -1.81. The molecule has 1 N–H and O–H groups in total. The maximum atomic E-state index is 11.8. The fourth-order valence-corrected chi connectivity index (χ4v) is 3.51. The van der Waals surface area contributed by atoms with Crippen LogP contribution < -0.4 is 0 Å². The number of nitrogens with zero attached hydrogens (tertiary/aromatic N) is 2. The van der Waals surface area contributed by atoms with Gasteiger partial charge in [0.05, 0.1) is 24.2 Å². The molecule has 0 aliphatic carbocycles. The summed E-state index contributed by atoms with van der Waals surface area (Å²) in [7, 11) is -3.50. The summed E-state index contributed by atoms with van der Waals surface area (Å²) < 4.78 is 24.9. The first-order chi connectivity index (χ1) is 7.86. The van der Waals surface area contributed by atoms with Crippen molar-refractivity contribution in [2.75, 3.05) is 18.8 Å². The van der Waals surface area contributed by atoms with Gasteiger partial charge in [-0.25, -0.2) is 12.7 Å². The minimum absolute atomic E-state index is 0.0213. The Morgan fingerprint density at radius 1 is 1.53 bits per heavy atom. The molecule has 7 heteroatoms. The molecular weight excluding hydrogens is 244 g/mol. The lowest BCUT2D eigenvalue weighted by molar-refractivity contribution is -0.143. The summed E-state index contributed by atoms with van der Waals surface area (Å²) in [4.78, 5) is 10.9. The number of carboxylic acid groups (broad SMARTS) is 1. The molecule has 2 atom stereocenters. The lowest BCUT2D eigenvalue weighted by Crippen LogP contribution is -2.46. The van der Waals surface area contributed by atoms with Crippen molar-refractivity contribution >= 4 is 16.0 Å². The van der Waals surface area contributed by atoms with Gasteiger partial charge in [0.2, 0.25) is 10.0 Å². The Morgan fingerprint density at radius 3 is 2.71 bits per heavy atom. The van der Waals surface area contributed by atoms with Crippen LogP contribution in [-0.2, 0) is 14.8 Å². The second kappa shape index (κ2) is 5.47. The third-order valence-corrected chi connectivity index (χ3v) is 4.65. The molecule has 0 radical (unpaired) electrons. The van der Waals surface area contributed by atoms with Gasteiger partial charge in [-0.05, 0) is 12.3 Å². The molecule has 0 spiro atoms. The van der Waals surface area contributed by atoms with Crippen molar-refractivity contribution in [3.05, 3.63) is 0 Å². The van der Waals surface area contributed by atoms with Gasteiger partial charge >= 0.3 is 5.97 Å². The number of nitriles is 1. The van der Waals surface area contributed by atoms with Crippen molar-refractivity contribution < 1.29 is 18.3 Å². The molecule has 2 unspecified atom stereocenters. The van der Waals surface area contributed by atoms with Crippen LogP contribution in [0.2, 0.25) is 0 Å². The maximum absolute atomic E-state index is 11.8. The summed E-state index contributed by atoms with van der Waals surface area (Å²) in [5.41, 5.74) is 0. The monoisotopic (exact) mass is 260 g/mol. The first kappa shape index (κ1) is 13.9. The van der Waals surface area contributed by atoms with Crippen molar-refractivity contribution in [3.8, 4) is 6.07 Å². The predicted octanol–water partition coefficient (Wildman–Crippen LogP) is 0.272. The van der Waals surface area contributed by atoms with E-state index in [-0.39, 0.29) is 24.6 Å². The van der Waals surface area contributed by atoms with Crippen LogP contribution in [0.5, 0.6) is 0 Å². The summed E-state index contributed by atoms with van der Waals surface area (Å²) >= 11 is 0. The minimum atomic E-state index is -3.50. The zero-order chi connectivity index (χ0) is 13.1. The molecule has 1 heterocycles. The lowest BCUT2D eigenvalue weighted by Gasteiger charge is -2.33. The predicted molar refractivity (Wildman–Crippen MR) is 60.5 cm³/mol. The normalized spacial score (nSPS) is 26.4. The van der Waals surface area contributed by atoms with Crippen molar-refractivity contribution in [2.45, 2.75) is 19.8 Å². The van der Waals surface area contributed by atoms with Crippen LogP contribution in [-0.4, -0.2) is 42.6 Å². The van der Waals surface area contributed by atoms with Crippen LogP contribution in [0, 0.1) is 23.2 Å². The topological polar surface area (TPSA) is 98.5 Å². The molecule has 1 rings (SSSR count). The molecule has 6 nitrogen and oxygen atoms in total. The van der Waals surface area contributed by atoms with Gasteiger partial charge in [-0.15, -0.1) is 0 Å². The van der Waals surface area contributed by atoms with Crippen molar-refractivity contribution in [1.29, 1.82) is 5.26 Å². The highest BCUT2D eigenvalue weighted by Gasteiger charge is 2.34. The highest BCUT2D eigenvalue weighted by Crippen LogP contribution is 2.24. The van der Waals surface area contributed by atoms with E-state index in [1.54, 1.807) is 6.07 Å². The molecule has 0 amide bonds. The van der Waals surface area contributed by atoms with Crippen molar-refractivity contribution in [1.82, 2.24) is 4.31 Å². The van der Waals surface area contributed by atoms with Crippen molar-refractivity contribution in [3.63, 3.8) is 0 Å². The molecule has 1 aliphatic rings. The Kier molecular flexibility index (Phi) is 4.48. The van der Waals surface area contributed by atoms with Gasteiger partial charge in [-0.2, -0.15) is 5.26 Å². The molecule has 96 valence electrons. The van der Waals surface area contributed by atoms with E-state index in [0.717, 1.165) is 0 Å². The number of carboxylic acids is 1. The minimum Gasteiger partial charge on any atom is -0.481 e. The SMILES string of the molecule is CC1CC(C(=O)O)CN(S(=O)(=O)CCC#N)C1. The molecule has 1 aliphatic heterocycles. The van der Waals surface area contributed by atoms with E-state index in [1.807, 2.05) is 6.92 Å². The summed E-state index contributed by atoms with van der Waals surface area (Å²) in [6.45, 7) is 2.20. The van der Waals surface area contributed by atoms with E-state index in [2.05, 4.69) is 0 Å². The molecular formula is C10H16N2O4S. The van der Waals surface area contributed by atoms with Gasteiger partial charge in [-0.1, -0.05) is 6.92 Å². The van der Waals surface area contributed by atoms with E-state index >= 15 is 0 Å². The van der Waals surface area contributed by atoms with Crippen LogP contribution in [0.15, 0.2) is 0 Å². The van der Waals surface area contributed by atoms with Gasteiger partial charge < -0.3 is 5.11 Å². The zero-order valence-corrected chi connectivity index (χ0v) is 10.5. The largest absolute Gasteiger partial charge is 0.481 e. The maximum Gasteiger partial charge on any atom is 0.307 e. The number of hydrogen-bond acceptors (Lipinski definition) is 4. The second-order valence-electron chi connectivity index (χ2n) is 4.42. The molecule has 1 saturated heterocycles. The first-order valence-corrected chi connectivity index (χ1v) is 7.05. The Morgan fingerprint density at radius 2 is 2.18 bits per heavy atom. The lowest BCUT2D eigenvalue weighted by atomic mass is 9.92. The van der Waals surface area contributed by atoms with Crippen LogP contribution in [0.4, 0.5) is 0 Å². The van der Waals surface area contributed by atoms with Crippen LogP contribution in [0.3, 0.4) is 0 Å². The van der Waals surface area contributed by atoms with Crippen LogP contribution in [0.25, 0.3) is 0 Å². The third kappa shape index (κ3) is 3.68. The summed E-state index contributed by atoms with van der Waals surface area (Å²) in [5, 5.41) is 17.3. The second-order valence-corrected chi connectivity index (χ2v) is 6.51. The molecule has 0 bridgehead atoms. The standard InChI is InChI=1S/C10H16N2O4S/c1-8-5-9(10(13)14)7-12(6-8)17(15,16)4-2-3-11/h8-9H,2,4-7H2,1H3,(H,13,14). The van der Waals surface area contributed by atoms with Crippen LogP contribution >= 0.6 is 0 Å². The fourth-order valence-electron chi connectivity index (χ4n) is 2.01. The number of piperidine rings is 1.